The first-order valence-electron chi connectivity index (χ1n) is 21.7. The van der Waals surface area contributed by atoms with Crippen molar-refractivity contribution < 1.29 is 36.3 Å². The molecule has 0 aliphatic carbocycles. The van der Waals surface area contributed by atoms with Crippen LogP contribution in [0.15, 0.2) is 144 Å². The van der Waals surface area contributed by atoms with E-state index in [9.17, 15) is 8.42 Å². The topological polar surface area (TPSA) is 132 Å². The van der Waals surface area contributed by atoms with Crippen LogP contribution in [0.25, 0.3) is 21.9 Å². The van der Waals surface area contributed by atoms with Gasteiger partial charge in [0.25, 0.3) is 10.1 Å². The average Bonchev–Trinajstić information content (AvgIpc) is 3.67. The first kappa shape index (κ1) is 46.5. The molecule has 0 saturated carbocycles. The van der Waals surface area contributed by atoms with Crippen molar-refractivity contribution in [2.75, 3.05) is 64.8 Å². The van der Waals surface area contributed by atoms with E-state index >= 15 is 0 Å². The van der Waals surface area contributed by atoms with E-state index in [1.165, 1.54) is 12.1 Å². The summed E-state index contributed by atoms with van der Waals surface area (Å²) in [5, 5.41) is 4.99. The highest BCUT2D eigenvalue weighted by Crippen LogP contribution is 2.42. The summed E-state index contributed by atoms with van der Waals surface area (Å²) < 4.78 is 61.4. The van der Waals surface area contributed by atoms with Crippen molar-refractivity contribution in [3.05, 3.63) is 168 Å². The number of anilines is 1. The molecule has 0 amide bonds. The van der Waals surface area contributed by atoms with Crippen molar-refractivity contribution in [3.8, 4) is 0 Å². The van der Waals surface area contributed by atoms with Crippen LogP contribution < -0.4 is 5.32 Å². The fourth-order valence-electron chi connectivity index (χ4n) is 7.72. The van der Waals surface area contributed by atoms with E-state index in [4.69, 9.17) is 37.8 Å². The van der Waals surface area contributed by atoms with E-state index < -0.39 is 21.3 Å². The molecule has 2 aromatic heterocycles. The third-order valence-corrected chi connectivity index (χ3v) is 12.1. The first-order valence-corrected chi connectivity index (χ1v) is 23.2. The van der Waals surface area contributed by atoms with Gasteiger partial charge in [-0.1, -0.05) is 127 Å². The molecule has 7 aromatic rings. The Balaban J connectivity index is 1.01. The normalized spacial score (nSPS) is 12.3. The van der Waals surface area contributed by atoms with Gasteiger partial charge in [-0.2, -0.15) is 8.42 Å². The highest BCUT2D eigenvalue weighted by molar-refractivity contribution is 7.86. The van der Waals surface area contributed by atoms with Gasteiger partial charge in [-0.3, -0.25) is 4.18 Å². The Morgan fingerprint density at radius 3 is 1.69 bits per heavy atom. The standard InChI is InChI=1S/C51H58N4O8S/c1-5-58-37-46-53-47-48(55(46)38-50(3,4)62-35-33-60-31-29-59-30-32-61-34-36-63-64(56,57)43-27-25-39(2)26-28-43)44-23-15-16-24-45(44)52-49(47)54-51(40-17-9-6-10-18-40,41-19-11-7-12-20-41)42-21-13-8-14-22-42/h6-28H,5,29-38H2,1-4H3,(H,52,54). The van der Waals surface area contributed by atoms with Crippen LogP contribution in [0.2, 0.25) is 0 Å². The van der Waals surface area contributed by atoms with E-state index in [0.29, 0.717) is 65.2 Å². The van der Waals surface area contributed by atoms with Crippen molar-refractivity contribution in [2.24, 2.45) is 0 Å². The van der Waals surface area contributed by atoms with E-state index in [-0.39, 0.29) is 18.1 Å². The van der Waals surface area contributed by atoms with Crippen molar-refractivity contribution in [1.82, 2.24) is 14.5 Å². The second-order valence-corrected chi connectivity index (χ2v) is 17.5. The van der Waals surface area contributed by atoms with Crippen LogP contribution in [0.1, 0.15) is 48.8 Å². The number of nitrogens with one attached hydrogen (secondary N) is 1. The molecule has 0 saturated heterocycles. The maximum absolute atomic E-state index is 12.3. The highest BCUT2D eigenvalue weighted by atomic mass is 32.2. The average molecular weight is 887 g/mol. The summed E-state index contributed by atoms with van der Waals surface area (Å²) >= 11 is 0. The smallest absolute Gasteiger partial charge is 0.297 e. The Morgan fingerprint density at radius 1 is 0.609 bits per heavy atom. The number of aryl methyl sites for hydroxylation is 1. The number of pyridine rings is 1. The number of nitrogens with zero attached hydrogens (tertiary/aromatic N) is 3. The van der Waals surface area contributed by atoms with Gasteiger partial charge < -0.3 is 33.6 Å². The third kappa shape index (κ3) is 11.4. The number of aromatic nitrogens is 3. The lowest BCUT2D eigenvalue weighted by Gasteiger charge is -2.37. The lowest BCUT2D eigenvalue weighted by atomic mass is 9.77. The molecule has 64 heavy (non-hydrogen) atoms. The fraction of sp³-hybridized carbons (Fsp3) is 0.333. The molecule has 0 unspecified atom stereocenters. The second kappa shape index (κ2) is 21.9. The van der Waals surface area contributed by atoms with E-state index in [0.717, 1.165) is 50.0 Å². The Bertz CT molecular complexity index is 2550. The quantitative estimate of drug-likeness (QED) is 0.0335. The number of imidazole rings is 1. The highest BCUT2D eigenvalue weighted by Gasteiger charge is 2.38. The summed E-state index contributed by atoms with van der Waals surface area (Å²) in [4.78, 5) is 10.8. The molecule has 12 nitrogen and oxygen atoms in total. The molecule has 0 radical (unpaired) electrons. The first-order chi connectivity index (χ1) is 31.1. The zero-order chi connectivity index (χ0) is 44.8. The van der Waals surface area contributed by atoms with Crippen LogP contribution in [0.3, 0.4) is 0 Å². The molecular formula is C51H58N4O8S. The van der Waals surface area contributed by atoms with Gasteiger partial charge in [0.1, 0.15) is 23.5 Å². The van der Waals surface area contributed by atoms with Crippen LogP contribution in [0.5, 0.6) is 0 Å². The Kier molecular flexibility index (Phi) is 15.9. The molecule has 2 heterocycles. The van der Waals surface area contributed by atoms with Crippen LogP contribution in [-0.4, -0.2) is 88.0 Å². The Labute approximate surface area is 376 Å². The van der Waals surface area contributed by atoms with Gasteiger partial charge in [0.15, 0.2) is 5.82 Å². The molecule has 0 fully saturated rings. The van der Waals surface area contributed by atoms with Crippen molar-refractivity contribution in [1.29, 1.82) is 0 Å². The number of para-hydroxylation sites is 1. The predicted octanol–water partition coefficient (Wildman–Crippen LogP) is 9.08. The van der Waals surface area contributed by atoms with Crippen LogP contribution >= 0.6 is 0 Å². The summed E-state index contributed by atoms with van der Waals surface area (Å²) in [6.45, 7) is 11.6. The number of hydrogen-bond acceptors (Lipinski definition) is 11. The Morgan fingerprint density at radius 2 is 1.12 bits per heavy atom. The molecule has 0 spiro atoms. The summed E-state index contributed by atoms with van der Waals surface area (Å²) in [6.07, 6.45) is 0. The summed E-state index contributed by atoms with van der Waals surface area (Å²) in [7, 11) is -3.82. The Hall–Kier alpha value is -5.51. The number of benzene rings is 5. The zero-order valence-corrected chi connectivity index (χ0v) is 37.9. The zero-order valence-electron chi connectivity index (χ0n) is 37.1. The molecule has 0 atom stereocenters. The number of fused-ring (bicyclic) bond motifs is 3. The largest absolute Gasteiger partial charge is 0.377 e. The van der Waals surface area contributed by atoms with Crippen LogP contribution in [0.4, 0.5) is 5.82 Å². The maximum Gasteiger partial charge on any atom is 0.297 e. The number of hydrogen-bond donors (Lipinski definition) is 1. The van der Waals surface area contributed by atoms with Gasteiger partial charge >= 0.3 is 0 Å². The van der Waals surface area contributed by atoms with E-state index in [2.05, 4.69) is 103 Å². The summed E-state index contributed by atoms with van der Waals surface area (Å²) in [5.41, 5.74) is 5.25. The minimum atomic E-state index is -3.82. The minimum absolute atomic E-state index is 0.0779. The monoisotopic (exact) mass is 886 g/mol. The lowest BCUT2D eigenvalue weighted by Crippen LogP contribution is -2.38. The van der Waals surface area contributed by atoms with Crippen molar-refractivity contribution in [2.45, 2.75) is 56.9 Å². The molecule has 1 N–H and O–H groups in total. The SMILES string of the molecule is CCOCc1nc2c(NC(c3ccccc3)(c3ccccc3)c3ccccc3)nc3ccccc3c2n1CC(C)(C)OCCOCCOCCOCCOS(=O)(=O)c1ccc(C)cc1. The summed E-state index contributed by atoms with van der Waals surface area (Å²) in [5.74, 6) is 1.43. The molecule has 13 heteroatoms. The lowest BCUT2D eigenvalue weighted by molar-refractivity contribution is -0.0616. The number of rotatable bonds is 25. The summed E-state index contributed by atoms with van der Waals surface area (Å²) in [6, 6.07) is 46.2. The fourth-order valence-corrected chi connectivity index (χ4v) is 8.62. The predicted molar refractivity (Wildman–Crippen MR) is 250 cm³/mol. The second-order valence-electron chi connectivity index (χ2n) is 15.9. The number of ether oxygens (including phenoxy) is 5. The van der Waals surface area contributed by atoms with Crippen LogP contribution in [0, 0.1) is 6.92 Å². The van der Waals surface area contributed by atoms with Gasteiger partial charge in [-0.15, -0.1) is 0 Å². The van der Waals surface area contributed by atoms with Gasteiger partial charge in [-0.25, -0.2) is 9.97 Å². The molecule has 0 bridgehead atoms. The molecule has 5 aromatic carbocycles. The third-order valence-electron chi connectivity index (χ3n) is 10.8. The van der Waals surface area contributed by atoms with Crippen molar-refractivity contribution >= 4 is 37.9 Å². The van der Waals surface area contributed by atoms with Crippen molar-refractivity contribution in [3.63, 3.8) is 0 Å². The van der Waals surface area contributed by atoms with Gasteiger partial charge in [0.2, 0.25) is 0 Å². The van der Waals surface area contributed by atoms with Gasteiger partial charge in [0, 0.05) is 12.0 Å². The van der Waals surface area contributed by atoms with Gasteiger partial charge in [-0.05, 0) is 62.6 Å². The molecule has 0 aliphatic heterocycles. The minimum Gasteiger partial charge on any atom is -0.377 e. The van der Waals surface area contributed by atoms with E-state index in [1.54, 1.807) is 12.1 Å². The van der Waals surface area contributed by atoms with Crippen LogP contribution in [-0.2, 0) is 56.7 Å². The van der Waals surface area contributed by atoms with Gasteiger partial charge in [0.05, 0.1) is 80.9 Å². The maximum atomic E-state index is 12.3. The molecule has 0 aliphatic rings. The van der Waals surface area contributed by atoms with E-state index in [1.807, 2.05) is 50.2 Å². The molecule has 336 valence electrons. The molecular weight excluding hydrogens is 829 g/mol. The molecule has 7 rings (SSSR count).